The van der Waals surface area contributed by atoms with Crippen LogP contribution in [0.15, 0.2) is 23.7 Å². The minimum absolute atomic E-state index is 0.211. The van der Waals surface area contributed by atoms with Gasteiger partial charge in [-0.15, -0.1) is 11.3 Å². The zero-order chi connectivity index (χ0) is 13.1. The molecule has 2 heterocycles. The maximum atomic E-state index is 11.9. The average Bonchev–Trinajstić information content (AvgIpc) is 2.75. The molecule has 18 heavy (non-hydrogen) atoms. The highest BCUT2D eigenvalue weighted by molar-refractivity contribution is 7.10. The number of carbonyl (C=O) groups is 1. The van der Waals surface area contributed by atoms with E-state index in [0.717, 1.165) is 4.88 Å². The molecule has 0 aromatic carbocycles. The van der Waals surface area contributed by atoms with Gasteiger partial charge in [0.05, 0.1) is 17.1 Å². The Morgan fingerprint density at radius 2 is 2.39 bits per heavy atom. The molecule has 0 fully saturated rings. The molecule has 4 nitrogen and oxygen atoms in total. The van der Waals surface area contributed by atoms with Gasteiger partial charge in [0.15, 0.2) is 0 Å². The van der Waals surface area contributed by atoms with Crippen LogP contribution in [-0.2, 0) is 6.54 Å². The number of carbonyl (C=O) groups excluding carboxylic acids is 1. The van der Waals surface area contributed by atoms with Gasteiger partial charge in [0.25, 0.3) is 5.91 Å². The third-order valence-corrected chi connectivity index (χ3v) is 3.84. The van der Waals surface area contributed by atoms with Crippen molar-refractivity contribution in [2.24, 2.45) is 0 Å². The molecule has 94 valence electrons. The first-order valence-corrected chi connectivity index (χ1v) is 6.56. The van der Waals surface area contributed by atoms with Gasteiger partial charge in [0, 0.05) is 11.1 Å². The Balaban J connectivity index is 2.04. The summed E-state index contributed by atoms with van der Waals surface area (Å²) in [6, 6.07) is 3.54. The number of thiophene rings is 1. The molecule has 1 amide bonds. The quantitative estimate of drug-likeness (QED) is 0.909. The third kappa shape index (κ3) is 2.80. The molecule has 0 saturated carbocycles. The van der Waals surface area contributed by atoms with Gasteiger partial charge in [0.2, 0.25) is 0 Å². The lowest BCUT2D eigenvalue weighted by atomic mass is 10.2. The smallest absolute Gasteiger partial charge is 0.253 e. The van der Waals surface area contributed by atoms with Crippen molar-refractivity contribution in [2.45, 2.75) is 13.5 Å². The second-order valence-electron chi connectivity index (χ2n) is 3.80. The first kappa shape index (κ1) is 12.9. The summed E-state index contributed by atoms with van der Waals surface area (Å²) in [6.45, 7) is 2.52. The van der Waals surface area contributed by atoms with E-state index in [4.69, 9.17) is 17.3 Å². The Hall–Kier alpha value is -1.59. The van der Waals surface area contributed by atoms with Gasteiger partial charge in [-0.2, -0.15) is 0 Å². The van der Waals surface area contributed by atoms with Crippen molar-refractivity contribution in [1.82, 2.24) is 10.3 Å². The van der Waals surface area contributed by atoms with Crippen molar-refractivity contribution in [3.63, 3.8) is 0 Å². The monoisotopic (exact) mass is 281 g/mol. The lowest BCUT2D eigenvalue weighted by Crippen LogP contribution is -2.22. The summed E-state index contributed by atoms with van der Waals surface area (Å²) >= 11 is 7.43. The number of hydrogen-bond acceptors (Lipinski definition) is 4. The second-order valence-corrected chi connectivity index (χ2v) is 5.21. The van der Waals surface area contributed by atoms with Gasteiger partial charge in [0.1, 0.15) is 5.82 Å². The summed E-state index contributed by atoms with van der Waals surface area (Å²) in [7, 11) is 0. The van der Waals surface area contributed by atoms with Crippen molar-refractivity contribution in [1.29, 1.82) is 0 Å². The van der Waals surface area contributed by atoms with E-state index in [-0.39, 0.29) is 16.7 Å². The van der Waals surface area contributed by atoms with Crippen molar-refractivity contribution in [2.75, 3.05) is 5.73 Å². The standard InChI is InChI=1S/C12H12ClN3OS/c1-7-2-3-18-10(7)6-16-12(17)8-4-9(13)11(14)15-5-8/h2-5H,6H2,1H3,(H2,14,15)(H,16,17). The average molecular weight is 282 g/mol. The van der Waals surface area contributed by atoms with Gasteiger partial charge in [-0.1, -0.05) is 11.6 Å². The van der Waals surface area contributed by atoms with E-state index < -0.39 is 0 Å². The molecule has 0 aliphatic rings. The van der Waals surface area contributed by atoms with E-state index >= 15 is 0 Å². The first-order chi connectivity index (χ1) is 8.58. The molecule has 2 aromatic rings. The Kier molecular flexibility index (Phi) is 3.84. The summed E-state index contributed by atoms with van der Waals surface area (Å²) in [5, 5.41) is 5.11. The molecule has 0 aliphatic carbocycles. The molecule has 2 rings (SSSR count). The van der Waals surface area contributed by atoms with Gasteiger partial charge < -0.3 is 11.1 Å². The number of amides is 1. The van der Waals surface area contributed by atoms with Gasteiger partial charge in [-0.05, 0) is 30.0 Å². The molecule has 0 atom stereocenters. The Morgan fingerprint density at radius 3 is 3.00 bits per heavy atom. The summed E-state index contributed by atoms with van der Waals surface area (Å²) < 4.78 is 0. The zero-order valence-corrected chi connectivity index (χ0v) is 11.3. The van der Waals surface area contributed by atoms with E-state index in [2.05, 4.69) is 10.3 Å². The van der Waals surface area contributed by atoms with Gasteiger partial charge >= 0.3 is 0 Å². The molecule has 0 bridgehead atoms. The van der Waals surface area contributed by atoms with Crippen molar-refractivity contribution >= 4 is 34.7 Å². The Morgan fingerprint density at radius 1 is 1.61 bits per heavy atom. The van der Waals surface area contributed by atoms with E-state index in [0.29, 0.717) is 12.1 Å². The van der Waals surface area contributed by atoms with Gasteiger partial charge in [-0.3, -0.25) is 4.79 Å². The van der Waals surface area contributed by atoms with Crippen LogP contribution in [0.4, 0.5) is 5.82 Å². The number of aromatic nitrogens is 1. The number of nitrogens with zero attached hydrogens (tertiary/aromatic N) is 1. The molecule has 0 spiro atoms. The lowest BCUT2D eigenvalue weighted by Gasteiger charge is -2.05. The first-order valence-electron chi connectivity index (χ1n) is 5.30. The van der Waals surface area contributed by atoms with Crippen LogP contribution >= 0.6 is 22.9 Å². The molecular weight excluding hydrogens is 270 g/mol. The van der Waals surface area contributed by atoms with Crippen LogP contribution in [0.1, 0.15) is 20.8 Å². The number of anilines is 1. The number of halogens is 1. The summed E-state index contributed by atoms with van der Waals surface area (Å²) in [4.78, 5) is 16.9. The van der Waals surface area contributed by atoms with Crippen LogP contribution in [0, 0.1) is 6.92 Å². The number of hydrogen-bond donors (Lipinski definition) is 2. The minimum Gasteiger partial charge on any atom is -0.382 e. The largest absolute Gasteiger partial charge is 0.382 e. The van der Waals surface area contributed by atoms with E-state index in [9.17, 15) is 4.79 Å². The lowest BCUT2D eigenvalue weighted by molar-refractivity contribution is 0.0951. The van der Waals surface area contributed by atoms with Gasteiger partial charge in [-0.25, -0.2) is 4.98 Å². The maximum absolute atomic E-state index is 11.9. The molecule has 0 radical (unpaired) electrons. The number of nitrogens with one attached hydrogen (secondary N) is 1. The van der Waals surface area contributed by atoms with Crippen LogP contribution in [0.5, 0.6) is 0 Å². The van der Waals surface area contributed by atoms with E-state index in [1.54, 1.807) is 11.3 Å². The number of nitrogen functional groups attached to an aromatic ring is 1. The fraction of sp³-hybridized carbons (Fsp3) is 0.167. The number of pyridine rings is 1. The highest BCUT2D eigenvalue weighted by Crippen LogP contribution is 2.17. The number of nitrogens with two attached hydrogens (primary N) is 1. The highest BCUT2D eigenvalue weighted by atomic mass is 35.5. The third-order valence-electron chi connectivity index (χ3n) is 2.51. The SMILES string of the molecule is Cc1ccsc1CNC(=O)c1cnc(N)c(Cl)c1. The molecule has 0 unspecified atom stereocenters. The fourth-order valence-corrected chi connectivity index (χ4v) is 2.43. The molecule has 2 aromatic heterocycles. The van der Waals surface area contributed by atoms with Crippen LogP contribution < -0.4 is 11.1 Å². The Bertz CT molecular complexity index is 582. The molecule has 0 saturated heterocycles. The normalized spacial score (nSPS) is 10.3. The van der Waals surface area contributed by atoms with Crippen molar-refractivity contribution in [3.05, 3.63) is 44.7 Å². The number of rotatable bonds is 3. The summed E-state index contributed by atoms with van der Waals surface area (Å²) in [5.41, 5.74) is 7.07. The molecule has 6 heteroatoms. The van der Waals surface area contributed by atoms with Crippen LogP contribution in [0.25, 0.3) is 0 Å². The van der Waals surface area contributed by atoms with Crippen molar-refractivity contribution < 1.29 is 4.79 Å². The predicted octanol–water partition coefficient (Wildman–Crippen LogP) is 2.62. The molecular formula is C12H12ClN3OS. The zero-order valence-electron chi connectivity index (χ0n) is 9.74. The van der Waals surface area contributed by atoms with E-state index in [1.165, 1.54) is 17.8 Å². The van der Waals surface area contributed by atoms with E-state index in [1.807, 2.05) is 18.4 Å². The topological polar surface area (TPSA) is 68.0 Å². The molecule has 3 N–H and O–H groups in total. The maximum Gasteiger partial charge on any atom is 0.253 e. The number of aryl methyl sites for hydroxylation is 1. The summed E-state index contributed by atoms with van der Waals surface area (Å²) in [5.74, 6) is 0.0134. The highest BCUT2D eigenvalue weighted by Gasteiger charge is 2.09. The Labute approximate surface area is 114 Å². The van der Waals surface area contributed by atoms with Crippen LogP contribution in [0.3, 0.4) is 0 Å². The summed E-state index contributed by atoms with van der Waals surface area (Å²) in [6.07, 6.45) is 1.41. The second kappa shape index (κ2) is 5.37. The predicted molar refractivity (Wildman–Crippen MR) is 73.9 cm³/mol. The molecule has 0 aliphatic heterocycles. The van der Waals surface area contributed by atoms with Crippen LogP contribution in [0.2, 0.25) is 5.02 Å². The van der Waals surface area contributed by atoms with Crippen molar-refractivity contribution in [3.8, 4) is 0 Å². The fourth-order valence-electron chi connectivity index (χ4n) is 1.42. The van der Waals surface area contributed by atoms with Crippen LogP contribution in [-0.4, -0.2) is 10.9 Å². The minimum atomic E-state index is -0.211.